The zero-order chi connectivity index (χ0) is 40.1. The highest BCUT2D eigenvalue weighted by atomic mass is 16.3. The quantitative estimate of drug-likeness (QED) is 0.0463. The summed E-state index contributed by atoms with van der Waals surface area (Å²) in [5.41, 5.74) is 0. The van der Waals surface area contributed by atoms with Crippen molar-refractivity contribution >= 4 is 5.91 Å². The van der Waals surface area contributed by atoms with Crippen molar-refractivity contribution in [1.29, 1.82) is 0 Å². The summed E-state index contributed by atoms with van der Waals surface area (Å²) >= 11 is 0. The molecule has 0 aliphatic rings. The molecule has 5 nitrogen and oxygen atoms in total. The Kier molecular flexibility index (Phi) is 45.5. The maximum Gasteiger partial charge on any atom is 0.220 e. The summed E-state index contributed by atoms with van der Waals surface area (Å²) in [7, 11) is 0. The normalized spacial score (nSPS) is 13.3. The van der Waals surface area contributed by atoms with E-state index in [2.05, 4.69) is 19.2 Å². The topological polar surface area (TPSA) is 89.8 Å². The minimum atomic E-state index is -1.13. The summed E-state index contributed by atoms with van der Waals surface area (Å²) in [5, 5.41) is 33.6. The van der Waals surface area contributed by atoms with Crippen LogP contribution in [0.25, 0.3) is 0 Å². The van der Waals surface area contributed by atoms with Crippen LogP contribution in [0.1, 0.15) is 290 Å². The van der Waals surface area contributed by atoms with Crippen molar-refractivity contribution in [3.63, 3.8) is 0 Å². The molecule has 0 spiro atoms. The van der Waals surface area contributed by atoms with Crippen molar-refractivity contribution in [3.8, 4) is 0 Å². The van der Waals surface area contributed by atoms with Crippen molar-refractivity contribution in [2.75, 3.05) is 6.61 Å². The molecule has 3 atom stereocenters. The molecule has 0 saturated heterocycles. The SMILES string of the molecule is CCCCCCCCCCCCCCCCCCCCCCCCCCCCCCC(=O)NC(CO)C(O)C(O)CCCCCCCCCCCCCCC. The molecule has 1 amide bonds. The van der Waals surface area contributed by atoms with Crippen LogP contribution in [0.2, 0.25) is 0 Å². The lowest BCUT2D eigenvalue weighted by Gasteiger charge is -2.26. The number of unbranched alkanes of at least 4 members (excludes halogenated alkanes) is 39. The van der Waals surface area contributed by atoms with Crippen LogP contribution < -0.4 is 5.32 Å². The first-order valence-corrected chi connectivity index (χ1v) is 25.3. The number of carbonyl (C=O) groups is 1. The minimum absolute atomic E-state index is 0.138. The largest absolute Gasteiger partial charge is 0.394 e. The molecule has 0 aromatic carbocycles. The molecule has 0 aromatic rings. The van der Waals surface area contributed by atoms with Gasteiger partial charge in [0, 0.05) is 6.42 Å². The molecule has 0 rings (SSSR count). The minimum Gasteiger partial charge on any atom is -0.394 e. The Balaban J connectivity index is 3.47. The molecular weight excluding hydrogens is 679 g/mol. The monoisotopic (exact) mass is 780 g/mol. The van der Waals surface area contributed by atoms with Gasteiger partial charge in [0.15, 0.2) is 0 Å². The van der Waals surface area contributed by atoms with Gasteiger partial charge in [-0.1, -0.05) is 271 Å². The highest BCUT2D eigenvalue weighted by Gasteiger charge is 2.26. The van der Waals surface area contributed by atoms with E-state index in [1.54, 1.807) is 0 Å². The Bertz CT molecular complexity index is 733. The molecule has 0 aliphatic heterocycles. The summed E-state index contributed by atoms with van der Waals surface area (Å²) in [4.78, 5) is 12.5. The standard InChI is InChI=1S/C50H101NO4/c1-3-5-7-9-11-13-15-17-18-19-20-21-22-23-24-25-26-27-28-29-30-31-33-35-37-39-41-43-45-49(54)51-47(46-52)50(55)48(53)44-42-40-38-36-34-32-16-14-12-10-8-6-4-2/h47-48,50,52-53,55H,3-46H2,1-2H3,(H,51,54). The molecule has 0 bridgehead atoms. The van der Waals surface area contributed by atoms with E-state index < -0.39 is 18.2 Å². The summed E-state index contributed by atoms with van der Waals surface area (Å²) < 4.78 is 0. The Labute approximate surface area is 345 Å². The maximum atomic E-state index is 12.5. The number of hydrogen-bond donors (Lipinski definition) is 4. The first-order chi connectivity index (χ1) is 27.1. The van der Waals surface area contributed by atoms with E-state index in [1.807, 2.05) is 0 Å². The van der Waals surface area contributed by atoms with Crippen LogP contribution in [0.5, 0.6) is 0 Å². The first kappa shape index (κ1) is 54.3. The van der Waals surface area contributed by atoms with Gasteiger partial charge in [-0.25, -0.2) is 0 Å². The van der Waals surface area contributed by atoms with Gasteiger partial charge in [-0.15, -0.1) is 0 Å². The van der Waals surface area contributed by atoms with Gasteiger partial charge in [0.1, 0.15) is 6.10 Å². The van der Waals surface area contributed by atoms with Crippen molar-refractivity contribution in [2.45, 2.75) is 308 Å². The summed E-state index contributed by atoms with van der Waals surface area (Å²) in [6.45, 7) is 4.20. The molecule has 55 heavy (non-hydrogen) atoms. The summed E-state index contributed by atoms with van der Waals surface area (Å²) in [5.74, 6) is -0.138. The fourth-order valence-electron chi connectivity index (χ4n) is 8.28. The zero-order valence-electron chi connectivity index (χ0n) is 37.6. The van der Waals surface area contributed by atoms with Gasteiger partial charge in [0.2, 0.25) is 5.91 Å². The second kappa shape index (κ2) is 46.0. The lowest BCUT2D eigenvalue weighted by molar-refractivity contribution is -0.124. The molecule has 4 N–H and O–H groups in total. The fraction of sp³-hybridized carbons (Fsp3) is 0.980. The molecule has 0 radical (unpaired) electrons. The molecule has 0 aromatic heterocycles. The van der Waals surface area contributed by atoms with Gasteiger partial charge >= 0.3 is 0 Å². The average molecular weight is 780 g/mol. The molecule has 0 aliphatic carbocycles. The van der Waals surface area contributed by atoms with Crippen LogP contribution >= 0.6 is 0 Å². The Morgan fingerprint density at radius 3 is 0.873 bits per heavy atom. The van der Waals surface area contributed by atoms with Gasteiger partial charge in [0.05, 0.1) is 18.8 Å². The Morgan fingerprint density at radius 1 is 0.382 bits per heavy atom. The zero-order valence-corrected chi connectivity index (χ0v) is 37.6. The highest BCUT2D eigenvalue weighted by molar-refractivity contribution is 5.76. The van der Waals surface area contributed by atoms with Gasteiger partial charge in [-0.2, -0.15) is 0 Å². The lowest BCUT2D eigenvalue weighted by atomic mass is 9.99. The van der Waals surface area contributed by atoms with Crippen LogP contribution in [0.4, 0.5) is 0 Å². The molecule has 0 heterocycles. The number of rotatable bonds is 47. The maximum absolute atomic E-state index is 12.5. The van der Waals surface area contributed by atoms with E-state index in [0.717, 1.165) is 32.1 Å². The second-order valence-electron chi connectivity index (χ2n) is 17.7. The van der Waals surface area contributed by atoms with E-state index in [4.69, 9.17) is 0 Å². The third-order valence-corrected chi connectivity index (χ3v) is 12.2. The second-order valence-corrected chi connectivity index (χ2v) is 17.7. The Morgan fingerprint density at radius 2 is 0.618 bits per heavy atom. The third kappa shape index (κ3) is 41.3. The van der Waals surface area contributed by atoms with Crippen molar-refractivity contribution in [2.24, 2.45) is 0 Å². The molecule has 0 saturated carbocycles. The molecular formula is C50H101NO4. The van der Waals surface area contributed by atoms with Crippen LogP contribution in [-0.2, 0) is 4.79 Å². The smallest absolute Gasteiger partial charge is 0.220 e. The number of amides is 1. The molecule has 0 fully saturated rings. The predicted octanol–water partition coefficient (Wildman–Crippen LogP) is 15.0. The van der Waals surface area contributed by atoms with Gasteiger partial charge in [-0.3, -0.25) is 4.79 Å². The molecule has 5 heteroatoms. The molecule has 3 unspecified atom stereocenters. The Hall–Kier alpha value is -0.650. The van der Waals surface area contributed by atoms with E-state index in [0.29, 0.717) is 12.8 Å². The first-order valence-electron chi connectivity index (χ1n) is 25.3. The van der Waals surface area contributed by atoms with Crippen molar-refractivity contribution in [3.05, 3.63) is 0 Å². The van der Waals surface area contributed by atoms with Gasteiger partial charge in [-0.05, 0) is 12.8 Å². The van der Waals surface area contributed by atoms with E-state index >= 15 is 0 Å². The van der Waals surface area contributed by atoms with Crippen molar-refractivity contribution in [1.82, 2.24) is 5.32 Å². The lowest BCUT2D eigenvalue weighted by Crippen LogP contribution is -2.50. The van der Waals surface area contributed by atoms with Gasteiger partial charge < -0.3 is 20.6 Å². The number of carbonyl (C=O) groups excluding carboxylic acids is 1. The average Bonchev–Trinajstić information content (AvgIpc) is 3.19. The van der Waals surface area contributed by atoms with Crippen molar-refractivity contribution < 1.29 is 20.1 Å². The summed E-state index contributed by atoms with van der Waals surface area (Å²) in [6.07, 6.45) is 53.9. The number of hydrogen-bond acceptors (Lipinski definition) is 4. The third-order valence-electron chi connectivity index (χ3n) is 12.2. The van der Waals surface area contributed by atoms with Crippen LogP contribution in [-0.4, -0.2) is 46.1 Å². The van der Waals surface area contributed by atoms with E-state index in [-0.39, 0.29) is 12.5 Å². The van der Waals surface area contributed by atoms with Crippen LogP contribution in [0.3, 0.4) is 0 Å². The summed E-state index contributed by atoms with van der Waals surface area (Å²) in [6, 6.07) is -0.803. The number of aliphatic hydroxyl groups excluding tert-OH is 3. The number of nitrogens with one attached hydrogen (secondary N) is 1. The van der Waals surface area contributed by atoms with Gasteiger partial charge in [0.25, 0.3) is 0 Å². The van der Waals surface area contributed by atoms with E-state index in [1.165, 1.54) is 231 Å². The van der Waals surface area contributed by atoms with Crippen LogP contribution in [0.15, 0.2) is 0 Å². The fourth-order valence-corrected chi connectivity index (χ4v) is 8.28. The highest BCUT2D eigenvalue weighted by Crippen LogP contribution is 2.18. The predicted molar refractivity (Wildman–Crippen MR) is 241 cm³/mol. The van der Waals surface area contributed by atoms with E-state index in [9.17, 15) is 20.1 Å². The molecule has 330 valence electrons. The number of aliphatic hydroxyl groups is 3. The van der Waals surface area contributed by atoms with Crippen LogP contribution in [0, 0.1) is 0 Å².